The van der Waals surface area contributed by atoms with Crippen LogP contribution < -0.4 is 10.5 Å². The Bertz CT molecular complexity index is 1070. The zero-order chi connectivity index (χ0) is 20.3. The summed E-state index contributed by atoms with van der Waals surface area (Å²) in [4.78, 5) is 11.9. The van der Waals surface area contributed by atoms with Crippen LogP contribution in [0, 0.1) is 0 Å². The van der Waals surface area contributed by atoms with Crippen LogP contribution in [0.4, 0.5) is 5.69 Å². The van der Waals surface area contributed by atoms with Gasteiger partial charge in [0.15, 0.2) is 0 Å². The summed E-state index contributed by atoms with van der Waals surface area (Å²) in [6.07, 6.45) is 0.229. The molecule has 3 N–H and O–H groups in total. The fraction of sp³-hybridized carbons (Fsp3) is 0.190. The molecule has 1 amide bonds. The highest BCUT2D eigenvalue weighted by Gasteiger charge is 2.18. The third-order valence-electron chi connectivity index (χ3n) is 4.35. The SMILES string of the molecule is CC(C)S(=O)(=O)Nc1ccsc1-c1ccc(-c2ccc(CC(N)=O)cc2)cc1. The highest BCUT2D eigenvalue weighted by atomic mass is 32.2. The van der Waals surface area contributed by atoms with Gasteiger partial charge in [0.1, 0.15) is 0 Å². The van der Waals surface area contributed by atoms with E-state index >= 15 is 0 Å². The molecule has 1 aromatic heterocycles. The summed E-state index contributed by atoms with van der Waals surface area (Å²) < 4.78 is 27.0. The second-order valence-corrected chi connectivity index (χ2v) is 9.93. The molecule has 0 atom stereocenters. The molecule has 0 spiro atoms. The lowest BCUT2D eigenvalue weighted by Gasteiger charge is -2.12. The van der Waals surface area contributed by atoms with Crippen molar-refractivity contribution in [3.8, 4) is 21.6 Å². The van der Waals surface area contributed by atoms with Gasteiger partial charge in [0, 0.05) is 0 Å². The molecule has 7 heteroatoms. The van der Waals surface area contributed by atoms with E-state index in [1.165, 1.54) is 11.3 Å². The predicted molar refractivity (Wildman–Crippen MR) is 116 cm³/mol. The number of nitrogens with two attached hydrogens (primary N) is 1. The Labute approximate surface area is 169 Å². The van der Waals surface area contributed by atoms with E-state index in [0.29, 0.717) is 5.69 Å². The summed E-state index contributed by atoms with van der Waals surface area (Å²) in [5.74, 6) is -0.350. The van der Waals surface area contributed by atoms with Crippen LogP contribution in [0.2, 0.25) is 0 Å². The fourth-order valence-corrected chi connectivity index (χ4v) is 4.35. The molecule has 28 heavy (non-hydrogen) atoms. The molecular formula is C21H22N2O3S2. The van der Waals surface area contributed by atoms with E-state index in [2.05, 4.69) is 4.72 Å². The van der Waals surface area contributed by atoms with Gasteiger partial charge in [-0.25, -0.2) is 8.42 Å². The van der Waals surface area contributed by atoms with Crippen molar-refractivity contribution >= 4 is 33.0 Å². The molecule has 5 nitrogen and oxygen atoms in total. The summed E-state index contributed by atoms with van der Waals surface area (Å²) in [5.41, 5.74) is 9.73. The van der Waals surface area contributed by atoms with Gasteiger partial charge in [0.05, 0.1) is 22.2 Å². The standard InChI is InChI=1S/C21H22N2O3S2/c1-14(2)28(25,26)23-19-11-12-27-21(19)18-9-7-17(8-10-18)16-5-3-15(4-6-16)13-20(22)24/h3-12,14,23H,13H2,1-2H3,(H2,22,24). The second-order valence-electron chi connectivity index (χ2n) is 6.78. The lowest BCUT2D eigenvalue weighted by Crippen LogP contribution is -2.22. The van der Waals surface area contributed by atoms with Gasteiger partial charge in [-0.2, -0.15) is 0 Å². The molecule has 0 unspecified atom stereocenters. The van der Waals surface area contributed by atoms with Crippen molar-refractivity contribution < 1.29 is 13.2 Å². The lowest BCUT2D eigenvalue weighted by molar-refractivity contribution is -0.117. The summed E-state index contributed by atoms with van der Waals surface area (Å²) >= 11 is 1.49. The van der Waals surface area contributed by atoms with E-state index < -0.39 is 15.3 Å². The molecule has 0 aliphatic heterocycles. The maximum atomic E-state index is 12.2. The molecule has 2 aromatic carbocycles. The monoisotopic (exact) mass is 414 g/mol. The normalized spacial score (nSPS) is 11.5. The minimum absolute atomic E-state index is 0.229. The first-order chi connectivity index (χ1) is 13.3. The highest BCUT2D eigenvalue weighted by molar-refractivity contribution is 7.93. The number of rotatable bonds is 7. The van der Waals surface area contributed by atoms with E-state index in [0.717, 1.165) is 27.1 Å². The Morgan fingerprint density at radius 2 is 1.50 bits per heavy atom. The van der Waals surface area contributed by atoms with Gasteiger partial charge >= 0.3 is 0 Å². The number of primary amides is 1. The van der Waals surface area contributed by atoms with Crippen molar-refractivity contribution in [3.05, 3.63) is 65.5 Å². The second kappa shape index (κ2) is 8.16. The topological polar surface area (TPSA) is 89.3 Å². The largest absolute Gasteiger partial charge is 0.369 e. The van der Waals surface area contributed by atoms with E-state index in [1.54, 1.807) is 19.9 Å². The summed E-state index contributed by atoms with van der Waals surface area (Å²) in [6.45, 7) is 3.30. The number of sulfonamides is 1. The molecule has 1 heterocycles. The average molecular weight is 415 g/mol. The molecule has 0 saturated heterocycles. The van der Waals surface area contributed by atoms with Gasteiger partial charge in [-0.05, 0) is 47.5 Å². The highest BCUT2D eigenvalue weighted by Crippen LogP contribution is 2.35. The van der Waals surface area contributed by atoms with Crippen molar-refractivity contribution in [2.45, 2.75) is 25.5 Å². The fourth-order valence-electron chi connectivity index (χ4n) is 2.71. The average Bonchev–Trinajstić information content (AvgIpc) is 3.09. The molecule has 0 saturated carbocycles. The van der Waals surface area contributed by atoms with Crippen molar-refractivity contribution in [2.24, 2.45) is 5.73 Å². The Hall–Kier alpha value is -2.64. The van der Waals surface area contributed by atoms with Crippen molar-refractivity contribution in [1.82, 2.24) is 0 Å². The Kier molecular flexibility index (Phi) is 5.86. The number of nitrogens with one attached hydrogen (secondary N) is 1. The van der Waals surface area contributed by atoms with Crippen molar-refractivity contribution in [2.75, 3.05) is 4.72 Å². The Morgan fingerprint density at radius 3 is 2.04 bits per heavy atom. The number of anilines is 1. The van der Waals surface area contributed by atoms with Crippen LogP contribution in [0.1, 0.15) is 19.4 Å². The molecule has 0 fully saturated rings. The van der Waals surface area contributed by atoms with Crippen molar-refractivity contribution in [3.63, 3.8) is 0 Å². The smallest absolute Gasteiger partial charge is 0.235 e. The Balaban J connectivity index is 1.82. The van der Waals surface area contributed by atoms with Crippen LogP contribution in [0.15, 0.2) is 60.0 Å². The Morgan fingerprint density at radius 1 is 0.964 bits per heavy atom. The first kappa shape index (κ1) is 20.1. The summed E-state index contributed by atoms with van der Waals surface area (Å²) in [7, 11) is -3.39. The van der Waals surface area contributed by atoms with Crippen LogP contribution in [0.3, 0.4) is 0 Å². The molecule has 0 aliphatic rings. The molecule has 3 rings (SSSR count). The number of carbonyl (C=O) groups is 1. The molecule has 146 valence electrons. The number of hydrogen-bond donors (Lipinski definition) is 2. The maximum Gasteiger partial charge on any atom is 0.235 e. The third-order valence-corrected chi connectivity index (χ3v) is 7.06. The zero-order valence-corrected chi connectivity index (χ0v) is 17.3. The molecule has 0 radical (unpaired) electrons. The van der Waals surface area contributed by atoms with E-state index in [4.69, 9.17) is 5.73 Å². The van der Waals surface area contributed by atoms with Gasteiger partial charge < -0.3 is 5.73 Å². The molecular weight excluding hydrogens is 392 g/mol. The third kappa shape index (κ3) is 4.61. The van der Waals surface area contributed by atoms with Crippen LogP contribution in [-0.2, 0) is 21.2 Å². The van der Waals surface area contributed by atoms with Gasteiger partial charge in [-0.1, -0.05) is 48.5 Å². The van der Waals surface area contributed by atoms with Gasteiger partial charge in [0.25, 0.3) is 0 Å². The minimum atomic E-state index is -3.39. The first-order valence-electron chi connectivity index (χ1n) is 8.83. The predicted octanol–water partition coefficient (Wildman–Crippen LogP) is 4.26. The summed E-state index contributed by atoms with van der Waals surface area (Å²) in [6, 6.07) is 17.4. The van der Waals surface area contributed by atoms with E-state index in [9.17, 15) is 13.2 Å². The number of thiophene rings is 1. The first-order valence-corrected chi connectivity index (χ1v) is 11.3. The van der Waals surface area contributed by atoms with Crippen LogP contribution in [0.25, 0.3) is 21.6 Å². The van der Waals surface area contributed by atoms with Gasteiger partial charge in [-0.3, -0.25) is 9.52 Å². The van der Waals surface area contributed by atoms with Crippen LogP contribution in [0.5, 0.6) is 0 Å². The number of hydrogen-bond acceptors (Lipinski definition) is 4. The molecule has 0 aliphatic carbocycles. The molecule has 0 bridgehead atoms. The summed E-state index contributed by atoms with van der Waals surface area (Å²) in [5, 5.41) is 1.37. The number of benzene rings is 2. The van der Waals surface area contributed by atoms with Gasteiger partial charge in [-0.15, -0.1) is 11.3 Å². The van der Waals surface area contributed by atoms with Crippen LogP contribution >= 0.6 is 11.3 Å². The minimum Gasteiger partial charge on any atom is -0.369 e. The number of carbonyl (C=O) groups excluding carboxylic acids is 1. The van der Waals surface area contributed by atoms with Crippen LogP contribution in [-0.4, -0.2) is 19.6 Å². The lowest BCUT2D eigenvalue weighted by atomic mass is 10.0. The van der Waals surface area contributed by atoms with E-state index in [1.807, 2.05) is 53.9 Å². The van der Waals surface area contributed by atoms with E-state index in [-0.39, 0.29) is 12.3 Å². The quantitative estimate of drug-likeness (QED) is 0.605. The zero-order valence-electron chi connectivity index (χ0n) is 15.7. The maximum absolute atomic E-state index is 12.2. The van der Waals surface area contributed by atoms with Crippen molar-refractivity contribution in [1.29, 1.82) is 0 Å². The molecule has 3 aromatic rings. The van der Waals surface area contributed by atoms with Gasteiger partial charge in [0.2, 0.25) is 15.9 Å². The number of amides is 1.